The molecule has 2 atom stereocenters. The molecule has 8 nitrogen and oxygen atoms in total. The third-order valence-electron chi connectivity index (χ3n) is 5.02. The number of sulfone groups is 1. The van der Waals surface area contributed by atoms with Crippen molar-refractivity contribution in [2.45, 2.75) is 45.4 Å². The van der Waals surface area contributed by atoms with E-state index in [1.165, 1.54) is 0 Å². The van der Waals surface area contributed by atoms with Crippen molar-refractivity contribution in [3.05, 3.63) is 42.0 Å². The Morgan fingerprint density at radius 2 is 2.26 bits per heavy atom. The molecule has 1 aliphatic rings. The van der Waals surface area contributed by atoms with Gasteiger partial charge in [-0.25, -0.2) is 18.1 Å². The number of nitrogens with one attached hydrogen (secondary N) is 1. The average Bonchev–Trinajstić information content (AvgIpc) is 3.33. The molecule has 1 N–H and O–H groups in total. The highest BCUT2D eigenvalue weighted by molar-refractivity contribution is 7.91. The van der Waals surface area contributed by atoms with E-state index in [1.54, 1.807) is 10.9 Å². The minimum Gasteiger partial charge on any atom is -0.308 e. The molecule has 144 valence electrons. The molecule has 9 heteroatoms. The van der Waals surface area contributed by atoms with E-state index in [2.05, 4.69) is 33.5 Å². The first-order valence-corrected chi connectivity index (χ1v) is 11.0. The standard InChI is InChI=1S/C18H24N6O2S/c1-13(11-23-6-3-5-21-23)19-9-15-8-17-14(2)22-24(18(17)20-10-15)16-4-7-27(25,26)12-16/h3,5-6,8,10,13,16,19H,4,7,9,11-12H2,1-2H3/t13-,16+/m1/s1. The smallest absolute Gasteiger partial charge is 0.158 e. The largest absolute Gasteiger partial charge is 0.308 e. The molecule has 4 heterocycles. The van der Waals surface area contributed by atoms with Crippen molar-refractivity contribution in [3.8, 4) is 0 Å². The van der Waals surface area contributed by atoms with Gasteiger partial charge in [-0.3, -0.25) is 4.68 Å². The van der Waals surface area contributed by atoms with E-state index in [4.69, 9.17) is 0 Å². The molecule has 0 unspecified atom stereocenters. The van der Waals surface area contributed by atoms with E-state index in [9.17, 15) is 8.42 Å². The summed E-state index contributed by atoms with van der Waals surface area (Å²) < 4.78 is 27.3. The lowest BCUT2D eigenvalue weighted by Gasteiger charge is -2.14. The predicted molar refractivity (Wildman–Crippen MR) is 103 cm³/mol. The second-order valence-corrected chi connectivity index (χ2v) is 9.54. The highest BCUT2D eigenvalue weighted by Crippen LogP contribution is 2.28. The Bertz CT molecular complexity index is 1040. The first-order chi connectivity index (χ1) is 12.9. The molecule has 0 aliphatic carbocycles. The van der Waals surface area contributed by atoms with Crippen molar-refractivity contribution >= 4 is 20.9 Å². The fourth-order valence-electron chi connectivity index (χ4n) is 3.58. The minimum absolute atomic E-state index is 0.114. The number of hydrogen-bond acceptors (Lipinski definition) is 6. The van der Waals surface area contributed by atoms with Crippen LogP contribution in [-0.4, -0.2) is 50.5 Å². The number of rotatable bonds is 6. The summed E-state index contributed by atoms with van der Waals surface area (Å²) in [7, 11) is -2.96. The quantitative estimate of drug-likeness (QED) is 0.687. The van der Waals surface area contributed by atoms with Crippen LogP contribution in [0.5, 0.6) is 0 Å². The molecule has 27 heavy (non-hydrogen) atoms. The van der Waals surface area contributed by atoms with E-state index < -0.39 is 9.84 Å². The summed E-state index contributed by atoms with van der Waals surface area (Å²) in [5.41, 5.74) is 2.73. The summed E-state index contributed by atoms with van der Waals surface area (Å²) in [6, 6.07) is 4.17. The van der Waals surface area contributed by atoms with E-state index in [-0.39, 0.29) is 23.6 Å². The summed E-state index contributed by atoms with van der Waals surface area (Å²) >= 11 is 0. The zero-order valence-corrected chi connectivity index (χ0v) is 16.4. The van der Waals surface area contributed by atoms with Gasteiger partial charge in [0.25, 0.3) is 0 Å². The maximum absolute atomic E-state index is 11.8. The zero-order valence-electron chi connectivity index (χ0n) is 15.5. The fraction of sp³-hybridized carbons (Fsp3) is 0.500. The number of aromatic nitrogens is 5. The summed E-state index contributed by atoms with van der Waals surface area (Å²) in [5, 5.41) is 13.3. The lowest BCUT2D eigenvalue weighted by Crippen LogP contribution is -2.30. The lowest BCUT2D eigenvalue weighted by atomic mass is 10.2. The Kier molecular flexibility index (Phi) is 4.73. The molecule has 1 fully saturated rings. The first kappa shape index (κ1) is 18.1. The van der Waals surface area contributed by atoms with E-state index >= 15 is 0 Å². The molecule has 1 aliphatic heterocycles. The highest BCUT2D eigenvalue weighted by Gasteiger charge is 2.31. The van der Waals surface area contributed by atoms with Crippen LogP contribution >= 0.6 is 0 Å². The maximum Gasteiger partial charge on any atom is 0.158 e. The van der Waals surface area contributed by atoms with Gasteiger partial charge >= 0.3 is 0 Å². The number of hydrogen-bond donors (Lipinski definition) is 1. The van der Waals surface area contributed by atoms with Gasteiger partial charge < -0.3 is 5.32 Å². The van der Waals surface area contributed by atoms with Gasteiger partial charge in [0.15, 0.2) is 15.5 Å². The fourth-order valence-corrected chi connectivity index (χ4v) is 5.27. The number of aryl methyl sites for hydroxylation is 1. The molecule has 0 radical (unpaired) electrons. The Hall–Kier alpha value is -2.26. The van der Waals surface area contributed by atoms with Gasteiger partial charge in [-0.1, -0.05) is 0 Å². The first-order valence-electron chi connectivity index (χ1n) is 9.16. The molecule has 0 saturated carbocycles. The molecule has 1 saturated heterocycles. The normalized spacial score (nSPS) is 20.3. The highest BCUT2D eigenvalue weighted by atomic mass is 32.2. The number of pyridine rings is 1. The van der Waals surface area contributed by atoms with Gasteiger partial charge in [-0.05, 0) is 38.0 Å². The molecular weight excluding hydrogens is 364 g/mol. The zero-order chi connectivity index (χ0) is 19.0. The lowest BCUT2D eigenvalue weighted by molar-refractivity contribution is 0.450. The molecular formula is C18H24N6O2S. The monoisotopic (exact) mass is 388 g/mol. The van der Waals surface area contributed by atoms with Crippen LogP contribution < -0.4 is 5.32 Å². The summed E-state index contributed by atoms with van der Waals surface area (Å²) in [5.74, 6) is 0.382. The van der Waals surface area contributed by atoms with Gasteiger partial charge in [-0.2, -0.15) is 10.2 Å². The average molecular weight is 388 g/mol. The second kappa shape index (κ2) is 7.05. The Morgan fingerprint density at radius 3 is 2.96 bits per heavy atom. The van der Waals surface area contributed by atoms with Crippen LogP contribution in [0.15, 0.2) is 30.7 Å². The van der Waals surface area contributed by atoms with Gasteiger partial charge in [-0.15, -0.1) is 0 Å². The number of nitrogens with zero attached hydrogens (tertiary/aromatic N) is 5. The molecule has 3 aromatic rings. The molecule has 4 rings (SSSR count). The Labute approximate surface area is 158 Å². The van der Waals surface area contributed by atoms with E-state index in [0.717, 1.165) is 28.8 Å². The van der Waals surface area contributed by atoms with Gasteiger partial charge in [0.1, 0.15) is 0 Å². The van der Waals surface area contributed by atoms with Crippen LogP contribution in [0.1, 0.15) is 30.6 Å². The van der Waals surface area contributed by atoms with E-state index in [1.807, 2.05) is 30.1 Å². The molecule has 0 aromatic carbocycles. The van der Waals surface area contributed by atoms with E-state index in [0.29, 0.717) is 13.0 Å². The molecule has 3 aromatic heterocycles. The number of fused-ring (bicyclic) bond motifs is 1. The van der Waals surface area contributed by atoms with Gasteiger partial charge in [0.2, 0.25) is 0 Å². The maximum atomic E-state index is 11.8. The molecule has 0 bridgehead atoms. The summed E-state index contributed by atoms with van der Waals surface area (Å²) in [6.45, 7) is 5.57. The van der Waals surface area contributed by atoms with Crippen LogP contribution in [0.3, 0.4) is 0 Å². The molecule has 0 amide bonds. The SMILES string of the molecule is Cc1nn([C@H]2CCS(=O)(=O)C2)c2ncc(CN[C@H](C)Cn3cccn3)cc12. The van der Waals surface area contributed by atoms with Crippen molar-refractivity contribution in [2.75, 3.05) is 11.5 Å². The molecule has 0 spiro atoms. The second-order valence-electron chi connectivity index (χ2n) is 7.31. The van der Waals surface area contributed by atoms with Crippen molar-refractivity contribution in [1.29, 1.82) is 0 Å². The van der Waals surface area contributed by atoms with Crippen molar-refractivity contribution in [1.82, 2.24) is 29.9 Å². The summed E-state index contributed by atoms with van der Waals surface area (Å²) in [4.78, 5) is 4.60. The Morgan fingerprint density at radius 1 is 1.41 bits per heavy atom. The van der Waals surface area contributed by atoms with Gasteiger partial charge in [0, 0.05) is 36.6 Å². The third-order valence-corrected chi connectivity index (χ3v) is 6.77. The van der Waals surface area contributed by atoms with Crippen molar-refractivity contribution in [2.24, 2.45) is 0 Å². The van der Waals surface area contributed by atoms with Crippen LogP contribution in [-0.2, 0) is 22.9 Å². The Balaban J connectivity index is 1.49. The van der Waals surface area contributed by atoms with Crippen LogP contribution in [0.2, 0.25) is 0 Å². The topological polar surface area (TPSA) is 94.7 Å². The third kappa shape index (κ3) is 3.89. The van der Waals surface area contributed by atoms with Crippen LogP contribution in [0.25, 0.3) is 11.0 Å². The van der Waals surface area contributed by atoms with Crippen LogP contribution in [0, 0.1) is 6.92 Å². The van der Waals surface area contributed by atoms with Crippen molar-refractivity contribution < 1.29 is 8.42 Å². The van der Waals surface area contributed by atoms with Crippen LogP contribution in [0.4, 0.5) is 0 Å². The van der Waals surface area contributed by atoms with Crippen molar-refractivity contribution in [3.63, 3.8) is 0 Å². The summed E-state index contributed by atoms with van der Waals surface area (Å²) in [6.07, 6.45) is 6.18. The van der Waals surface area contributed by atoms with Gasteiger partial charge in [0.05, 0.1) is 29.8 Å². The predicted octanol–water partition coefficient (Wildman–Crippen LogP) is 1.47. The minimum atomic E-state index is -2.96.